The van der Waals surface area contributed by atoms with Crippen LogP contribution in [0.15, 0.2) is 164 Å². The number of nitrogens with zero attached hydrogens (tertiary/aromatic N) is 3. The van der Waals surface area contributed by atoms with Gasteiger partial charge >= 0.3 is 0 Å². The molecule has 7 aromatic carbocycles. The highest BCUT2D eigenvalue weighted by Crippen LogP contribution is 2.51. The molecule has 0 fully saturated rings. The molecule has 1 aromatic heterocycles. The summed E-state index contributed by atoms with van der Waals surface area (Å²) >= 11 is 0. The van der Waals surface area contributed by atoms with Crippen LogP contribution in [0.3, 0.4) is 0 Å². The minimum absolute atomic E-state index is 0.0596. The Hall–Kier alpha value is -6.19. The fraction of sp³-hybridized carbons (Fsp3) is 0.0652. The Balaban J connectivity index is 1.07. The van der Waals surface area contributed by atoms with E-state index in [4.69, 9.17) is 15.0 Å². The van der Waals surface area contributed by atoms with Gasteiger partial charge in [-0.15, -0.1) is 0 Å². The summed E-state index contributed by atoms with van der Waals surface area (Å²) < 4.78 is 0. The van der Waals surface area contributed by atoms with Gasteiger partial charge in [0.1, 0.15) is 0 Å². The summed E-state index contributed by atoms with van der Waals surface area (Å²) in [6.07, 6.45) is 0. The normalized spacial score (nSPS) is 12.9. The van der Waals surface area contributed by atoms with Crippen molar-refractivity contribution >= 4 is 10.8 Å². The molecule has 232 valence electrons. The van der Waals surface area contributed by atoms with E-state index < -0.39 is 0 Å². The molecule has 0 bridgehead atoms. The molecule has 0 unspecified atom stereocenters. The van der Waals surface area contributed by atoms with E-state index >= 15 is 0 Å². The number of aromatic nitrogens is 3. The molecule has 49 heavy (non-hydrogen) atoms. The Bertz CT molecular complexity index is 2440. The second-order valence-electron chi connectivity index (χ2n) is 13.3. The van der Waals surface area contributed by atoms with Crippen LogP contribution in [0.2, 0.25) is 0 Å². The highest BCUT2D eigenvalue weighted by atomic mass is 15.0. The minimum Gasteiger partial charge on any atom is -0.208 e. The summed E-state index contributed by atoms with van der Waals surface area (Å²) in [5.74, 6) is 1.98. The molecule has 1 aliphatic rings. The van der Waals surface area contributed by atoms with Crippen LogP contribution in [-0.2, 0) is 5.41 Å². The van der Waals surface area contributed by atoms with Gasteiger partial charge in [-0.25, -0.2) is 15.0 Å². The number of fused-ring (bicyclic) bond motifs is 5. The molecular formula is C46H33N3. The third-order valence-corrected chi connectivity index (χ3v) is 9.91. The first-order chi connectivity index (χ1) is 24.0. The highest BCUT2D eigenvalue weighted by Gasteiger charge is 2.36. The molecule has 0 atom stereocenters. The molecule has 1 heterocycles. The van der Waals surface area contributed by atoms with Gasteiger partial charge < -0.3 is 0 Å². The van der Waals surface area contributed by atoms with E-state index in [2.05, 4.69) is 117 Å². The molecule has 0 saturated carbocycles. The molecule has 0 spiro atoms. The van der Waals surface area contributed by atoms with Crippen molar-refractivity contribution in [3.8, 4) is 67.5 Å². The predicted molar refractivity (Wildman–Crippen MR) is 202 cm³/mol. The predicted octanol–water partition coefficient (Wildman–Crippen LogP) is 11.7. The fourth-order valence-corrected chi connectivity index (χ4v) is 7.42. The van der Waals surface area contributed by atoms with Crippen molar-refractivity contribution < 1.29 is 0 Å². The van der Waals surface area contributed by atoms with E-state index in [9.17, 15) is 0 Å². The smallest absolute Gasteiger partial charge is 0.164 e. The molecule has 0 radical (unpaired) electrons. The summed E-state index contributed by atoms with van der Waals surface area (Å²) in [7, 11) is 0. The van der Waals surface area contributed by atoms with Gasteiger partial charge in [-0.05, 0) is 67.4 Å². The van der Waals surface area contributed by atoms with Gasteiger partial charge in [0, 0.05) is 22.1 Å². The van der Waals surface area contributed by atoms with Crippen molar-refractivity contribution in [1.82, 2.24) is 15.0 Å². The Labute approximate surface area is 286 Å². The van der Waals surface area contributed by atoms with Gasteiger partial charge in [-0.2, -0.15) is 0 Å². The second-order valence-corrected chi connectivity index (χ2v) is 13.3. The Morgan fingerprint density at radius 1 is 0.367 bits per heavy atom. The van der Waals surface area contributed by atoms with Gasteiger partial charge in [0.05, 0.1) is 0 Å². The first-order valence-electron chi connectivity index (χ1n) is 16.8. The molecule has 9 rings (SSSR count). The van der Waals surface area contributed by atoms with Gasteiger partial charge in [0.15, 0.2) is 17.5 Å². The van der Waals surface area contributed by atoms with Crippen LogP contribution in [-0.4, -0.2) is 15.0 Å². The van der Waals surface area contributed by atoms with E-state index in [-0.39, 0.29) is 5.41 Å². The maximum absolute atomic E-state index is 4.91. The third kappa shape index (κ3) is 5.03. The van der Waals surface area contributed by atoms with Crippen LogP contribution in [0.25, 0.3) is 78.3 Å². The summed E-state index contributed by atoms with van der Waals surface area (Å²) in [4.78, 5) is 14.6. The van der Waals surface area contributed by atoms with Crippen molar-refractivity contribution in [2.45, 2.75) is 19.3 Å². The number of hydrogen-bond acceptors (Lipinski definition) is 3. The minimum atomic E-state index is -0.0596. The Morgan fingerprint density at radius 3 is 1.49 bits per heavy atom. The van der Waals surface area contributed by atoms with Gasteiger partial charge in [-0.3, -0.25) is 0 Å². The molecule has 0 N–H and O–H groups in total. The topological polar surface area (TPSA) is 38.7 Å². The van der Waals surface area contributed by atoms with E-state index in [1.54, 1.807) is 0 Å². The summed E-state index contributed by atoms with van der Waals surface area (Å²) in [5.41, 5.74) is 13.1. The highest BCUT2D eigenvalue weighted by molar-refractivity contribution is 5.99. The van der Waals surface area contributed by atoms with Gasteiger partial charge in [-0.1, -0.05) is 166 Å². The fourth-order valence-electron chi connectivity index (χ4n) is 7.42. The molecule has 0 aliphatic heterocycles. The summed E-state index contributed by atoms with van der Waals surface area (Å²) in [6.45, 7) is 4.71. The molecule has 3 heteroatoms. The van der Waals surface area contributed by atoms with Crippen LogP contribution in [0.4, 0.5) is 0 Å². The SMILES string of the molecule is CC1(C)c2ccccc2-c2ccc3ccc(-c4cccc(-c5ccc(-c6nc(-c7ccccc7)nc(-c7ccccc7)n6)cc5)c4)cc3c21. The number of benzene rings is 7. The Kier molecular flexibility index (Phi) is 6.80. The van der Waals surface area contributed by atoms with Crippen molar-refractivity contribution in [3.63, 3.8) is 0 Å². The molecule has 3 nitrogen and oxygen atoms in total. The molecule has 0 saturated heterocycles. The van der Waals surface area contributed by atoms with Crippen LogP contribution in [0.1, 0.15) is 25.0 Å². The molecule has 8 aromatic rings. The van der Waals surface area contributed by atoms with Gasteiger partial charge in [0.25, 0.3) is 0 Å². The zero-order valence-corrected chi connectivity index (χ0v) is 27.4. The lowest BCUT2D eigenvalue weighted by Gasteiger charge is -2.23. The van der Waals surface area contributed by atoms with E-state index in [0.29, 0.717) is 17.5 Å². The lowest BCUT2D eigenvalue weighted by atomic mass is 9.80. The van der Waals surface area contributed by atoms with E-state index in [0.717, 1.165) is 22.3 Å². The lowest BCUT2D eigenvalue weighted by molar-refractivity contribution is 0.666. The quantitative estimate of drug-likeness (QED) is 0.191. The van der Waals surface area contributed by atoms with Crippen LogP contribution < -0.4 is 0 Å². The van der Waals surface area contributed by atoms with Crippen molar-refractivity contribution in [3.05, 3.63) is 175 Å². The van der Waals surface area contributed by atoms with E-state index in [1.165, 1.54) is 49.7 Å². The monoisotopic (exact) mass is 627 g/mol. The average molecular weight is 628 g/mol. The first kappa shape index (κ1) is 29.0. The van der Waals surface area contributed by atoms with Crippen LogP contribution in [0.5, 0.6) is 0 Å². The largest absolute Gasteiger partial charge is 0.208 e. The number of rotatable bonds is 5. The molecular weight excluding hydrogens is 595 g/mol. The van der Waals surface area contributed by atoms with Crippen molar-refractivity contribution in [2.24, 2.45) is 0 Å². The van der Waals surface area contributed by atoms with Crippen molar-refractivity contribution in [1.29, 1.82) is 0 Å². The average Bonchev–Trinajstić information content (AvgIpc) is 3.41. The first-order valence-corrected chi connectivity index (χ1v) is 16.8. The second kappa shape index (κ2) is 11.5. The maximum Gasteiger partial charge on any atom is 0.164 e. The number of hydrogen-bond donors (Lipinski definition) is 0. The zero-order valence-electron chi connectivity index (χ0n) is 27.4. The standard InChI is InChI=1S/C46H33N3/c1-46(2)41-19-10-9-18-38(41)39-27-26-31-22-25-37(29-40(31)42(39)46)36-17-11-16-35(28-36)30-20-23-34(24-21-30)45-48-43(32-12-5-3-6-13-32)47-44(49-45)33-14-7-4-8-15-33/h3-29H,1-2H3. The molecule has 0 amide bonds. The van der Waals surface area contributed by atoms with E-state index in [1.807, 2.05) is 60.7 Å². The third-order valence-electron chi connectivity index (χ3n) is 9.91. The Morgan fingerprint density at radius 2 is 0.837 bits per heavy atom. The van der Waals surface area contributed by atoms with Crippen molar-refractivity contribution in [2.75, 3.05) is 0 Å². The maximum atomic E-state index is 4.91. The lowest BCUT2D eigenvalue weighted by Crippen LogP contribution is -2.15. The van der Waals surface area contributed by atoms with Crippen LogP contribution in [0, 0.1) is 0 Å². The zero-order chi connectivity index (χ0) is 33.0. The van der Waals surface area contributed by atoms with Gasteiger partial charge in [0.2, 0.25) is 0 Å². The van der Waals surface area contributed by atoms with Crippen LogP contribution >= 0.6 is 0 Å². The summed E-state index contributed by atoms with van der Waals surface area (Å²) in [6, 6.07) is 57.9. The summed E-state index contributed by atoms with van der Waals surface area (Å²) in [5, 5.41) is 2.60. The molecule has 1 aliphatic carbocycles.